The van der Waals surface area contributed by atoms with Crippen LogP contribution in [-0.2, 0) is 19.8 Å². The molecule has 1 aliphatic heterocycles. The Hall–Kier alpha value is -2.67. The smallest absolute Gasteiger partial charge is 0.418 e. The molecule has 0 N–H and O–H groups in total. The minimum atomic E-state index is -1.42. The molecule has 0 unspecified atom stereocenters. The zero-order chi connectivity index (χ0) is 34.0. The van der Waals surface area contributed by atoms with Crippen molar-refractivity contribution in [1.29, 1.82) is 0 Å². The molecule has 8 nitrogen and oxygen atoms in total. The molecule has 1 aromatic heterocycles. The van der Waals surface area contributed by atoms with E-state index < -0.39 is 47.6 Å². The molecule has 13 heteroatoms. The van der Waals surface area contributed by atoms with Gasteiger partial charge in [-0.3, -0.25) is 9.79 Å². The summed E-state index contributed by atoms with van der Waals surface area (Å²) in [5.41, 5.74) is -1.74. The van der Waals surface area contributed by atoms with E-state index in [0.29, 0.717) is 12.2 Å². The molecule has 246 valence electrons. The van der Waals surface area contributed by atoms with Crippen LogP contribution in [0.4, 0.5) is 13.6 Å². The van der Waals surface area contributed by atoms with E-state index in [2.05, 4.69) is 29.6 Å². The summed E-state index contributed by atoms with van der Waals surface area (Å²) in [5.74, 6) is -2.01. The maximum Gasteiger partial charge on any atom is 0.418 e. The lowest BCUT2D eigenvalue weighted by Crippen LogP contribution is -2.54. The quantitative estimate of drug-likeness (QED) is 0.149. The van der Waals surface area contributed by atoms with Crippen LogP contribution in [0.25, 0.3) is 11.9 Å². The second kappa shape index (κ2) is 14.0. The van der Waals surface area contributed by atoms with Gasteiger partial charge in [-0.1, -0.05) is 56.0 Å². The number of benzene rings is 1. The average Bonchev–Trinajstić information content (AvgIpc) is 2.91. The van der Waals surface area contributed by atoms with E-state index in [1.54, 1.807) is 34.6 Å². The number of rotatable bonds is 9. The first-order valence-electron chi connectivity index (χ1n) is 14.7. The van der Waals surface area contributed by atoms with Crippen molar-refractivity contribution < 1.29 is 27.8 Å². The second-order valence-corrected chi connectivity index (χ2v) is 21.2. The number of hydrogen-bond acceptors (Lipinski definition) is 8. The van der Waals surface area contributed by atoms with Gasteiger partial charge < -0.3 is 9.47 Å². The Balaban J connectivity index is 2.15. The summed E-state index contributed by atoms with van der Waals surface area (Å²) in [6, 6.07) is 5.03. The van der Waals surface area contributed by atoms with E-state index in [4.69, 9.17) is 26.1 Å². The van der Waals surface area contributed by atoms with Crippen LogP contribution < -0.4 is 0 Å². The third-order valence-electron chi connectivity index (χ3n) is 7.76. The molecule has 1 aliphatic rings. The highest BCUT2D eigenvalue weighted by molar-refractivity contribution is 8.15. The lowest BCUT2D eigenvalue weighted by Gasteiger charge is -2.48. The van der Waals surface area contributed by atoms with E-state index in [9.17, 15) is 9.59 Å². The van der Waals surface area contributed by atoms with Gasteiger partial charge in [-0.2, -0.15) is 0 Å². The van der Waals surface area contributed by atoms with Crippen molar-refractivity contribution in [2.45, 2.75) is 90.0 Å². The van der Waals surface area contributed by atoms with Crippen molar-refractivity contribution in [2.24, 2.45) is 10.9 Å². The van der Waals surface area contributed by atoms with E-state index in [-0.39, 0.29) is 34.1 Å². The number of carbonyl (C=O) groups is 2. The monoisotopic (exact) mass is 680 g/mol. The third-order valence-corrected chi connectivity index (χ3v) is 11.2. The van der Waals surface area contributed by atoms with Gasteiger partial charge in [-0.25, -0.2) is 28.4 Å². The van der Waals surface area contributed by atoms with Crippen LogP contribution in [0.3, 0.4) is 0 Å². The van der Waals surface area contributed by atoms with Crippen LogP contribution in [0.5, 0.6) is 0 Å². The Morgan fingerprint density at radius 3 is 2.40 bits per heavy atom. The molecule has 0 radical (unpaired) electrons. The number of aromatic nitrogens is 2. The number of amides is 1. The van der Waals surface area contributed by atoms with Gasteiger partial charge in [0, 0.05) is 26.2 Å². The average molecular weight is 681 g/mol. The number of ketones is 1. The van der Waals surface area contributed by atoms with Crippen LogP contribution in [0.15, 0.2) is 35.6 Å². The first-order valence-corrected chi connectivity index (χ1v) is 19.6. The van der Waals surface area contributed by atoms with Crippen LogP contribution in [0.1, 0.15) is 65.3 Å². The topological polar surface area (TPSA) is 94.0 Å². The molecular formula is C32H43ClF2N4O4SSi. The van der Waals surface area contributed by atoms with Crippen molar-refractivity contribution in [1.82, 2.24) is 14.9 Å². The van der Waals surface area contributed by atoms with Gasteiger partial charge >= 0.3 is 6.09 Å². The molecule has 0 spiro atoms. The fourth-order valence-corrected chi connectivity index (χ4v) is 6.89. The fraction of sp³-hybridized carbons (Fsp3) is 0.531. The summed E-state index contributed by atoms with van der Waals surface area (Å²) in [6.07, 6.45) is 2.94. The van der Waals surface area contributed by atoms with Gasteiger partial charge in [0.2, 0.25) is 0 Å². The molecule has 0 saturated heterocycles. The maximum atomic E-state index is 15.8. The summed E-state index contributed by atoms with van der Waals surface area (Å²) >= 11 is 6.91. The highest BCUT2D eigenvalue weighted by Gasteiger charge is 2.54. The zero-order valence-corrected chi connectivity index (χ0v) is 30.2. The van der Waals surface area contributed by atoms with Gasteiger partial charge in [-0.15, -0.1) is 0 Å². The minimum Gasteiger partial charge on any atom is -0.443 e. The Morgan fingerprint density at radius 1 is 1.18 bits per heavy atom. The molecule has 3 atom stereocenters. The zero-order valence-electron chi connectivity index (χ0n) is 27.6. The highest BCUT2D eigenvalue weighted by atomic mass is 35.5. The van der Waals surface area contributed by atoms with E-state index >= 15 is 8.78 Å². The number of Topliss-reactive ketones (excluding diaryl/α,β-unsaturated/α-hetero) is 1. The molecule has 45 heavy (non-hydrogen) atoms. The Morgan fingerprint density at radius 2 is 1.84 bits per heavy atom. The van der Waals surface area contributed by atoms with Crippen molar-refractivity contribution in [3.8, 4) is 0 Å². The van der Waals surface area contributed by atoms with Crippen LogP contribution in [0, 0.1) is 11.7 Å². The molecule has 1 amide bonds. The molecule has 2 heterocycles. The summed E-state index contributed by atoms with van der Waals surface area (Å²) in [5, 5.41) is 0.287. The number of amidine groups is 1. The second-order valence-electron chi connectivity index (χ2n) is 13.7. The molecule has 0 fully saturated rings. The summed E-state index contributed by atoms with van der Waals surface area (Å²) in [7, 11) is -1.42. The Kier molecular flexibility index (Phi) is 11.4. The van der Waals surface area contributed by atoms with Gasteiger partial charge in [0.25, 0.3) is 0 Å². The standard InChI is InChI=1S/C32H43ClF2N4O4SSi/c1-20-31(6,23-15-22(11-12-24(23)34)16-25(35)26-17-37-27(33)18-36-26)38-28(44-32(20,7)21(2)40)39(29(41)43-30(3,4)5)19-42-13-14-45(8,9)10/h11-12,15-18,20H,13-14,19H2,1-10H3/b25-16-/t20-,31-,32-/m0/s1. The minimum absolute atomic E-state index is 0.0366. The van der Waals surface area contributed by atoms with E-state index in [1.807, 2.05) is 6.92 Å². The Labute approximate surface area is 275 Å². The predicted molar refractivity (Wildman–Crippen MR) is 180 cm³/mol. The van der Waals surface area contributed by atoms with Gasteiger partial charge in [-0.05, 0) is 71.4 Å². The molecule has 0 saturated carbocycles. The summed E-state index contributed by atoms with van der Waals surface area (Å²) in [6.45, 7) is 18.9. The first-order chi connectivity index (χ1) is 20.7. The molecule has 1 aromatic carbocycles. The van der Waals surface area contributed by atoms with E-state index in [0.717, 1.165) is 17.8 Å². The first kappa shape index (κ1) is 36.8. The lowest BCUT2D eigenvalue weighted by molar-refractivity contribution is -0.120. The third kappa shape index (κ3) is 9.21. The van der Waals surface area contributed by atoms with Crippen molar-refractivity contribution >= 4 is 60.4 Å². The normalized spacial score (nSPS) is 22.6. The SMILES string of the molecule is CC(=O)[C@@]1(C)SC(N(COCC[Si](C)(C)C)C(=O)OC(C)(C)C)=N[C@](C)(c2cc(/C=C(\F)c3cnc(Cl)cn3)ccc2F)[C@@H]1C. The van der Waals surface area contributed by atoms with Crippen molar-refractivity contribution in [2.75, 3.05) is 13.3 Å². The van der Waals surface area contributed by atoms with Crippen molar-refractivity contribution in [3.05, 3.63) is 58.4 Å². The number of carbonyl (C=O) groups excluding carboxylic acids is 2. The van der Waals surface area contributed by atoms with E-state index in [1.165, 1.54) is 48.5 Å². The lowest BCUT2D eigenvalue weighted by atomic mass is 9.72. The van der Waals surface area contributed by atoms with Gasteiger partial charge in [0.15, 0.2) is 11.0 Å². The number of ether oxygens (including phenoxy) is 2. The molecule has 0 bridgehead atoms. The molecular weight excluding hydrogens is 638 g/mol. The molecule has 2 aromatic rings. The van der Waals surface area contributed by atoms with Crippen LogP contribution in [0.2, 0.25) is 30.8 Å². The predicted octanol–water partition coefficient (Wildman–Crippen LogP) is 8.59. The largest absolute Gasteiger partial charge is 0.443 e. The highest BCUT2D eigenvalue weighted by Crippen LogP contribution is 2.52. The number of hydrogen-bond donors (Lipinski definition) is 0. The summed E-state index contributed by atoms with van der Waals surface area (Å²) < 4.78 is 41.4. The van der Waals surface area contributed by atoms with Gasteiger partial charge in [0.05, 0.1) is 22.7 Å². The van der Waals surface area contributed by atoms with Gasteiger partial charge in [0.1, 0.15) is 34.8 Å². The summed E-state index contributed by atoms with van der Waals surface area (Å²) in [4.78, 5) is 40.9. The number of aliphatic imine (C=N–C) groups is 1. The maximum absolute atomic E-state index is 15.8. The molecule has 0 aliphatic carbocycles. The number of nitrogens with zero attached hydrogens (tertiary/aromatic N) is 4. The number of thioether (sulfide) groups is 1. The van der Waals surface area contributed by atoms with Crippen LogP contribution in [-0.4, -0.2) is 63.7 Å². The molecule has 3 rings (SSSR count). The fourth-order valence-electron chi connectivity index (χ4n) is 4.63. The number of halogens is 3. The van der Waals surface area contributed by atoms with Crippen molar-refractivity contribution in [3.63, 3.8) is 0 Å². The van der Waals surface area contributed by atoms with Crippen LogP contribution >= 0.6 is 23.4 Å². The Bertz CT molecular complexity index is 1480.